The lowest BCUT2D eigenvalue weighted by Crippen LogP contribution is -2.43. The molecule has 0 aliphatic carbocycles. The molecule has 2 N–H and O–H groups in total. The Hall–Kier alpha value is -2.11. The van der Waals surface area contributed by atoms with Crippen molar-refractivity contribution in [3.05, 3.63) is 33.9 Å². The van der Waals surface area contributed by atoms with Crippen LogP contribution in [0, 0.1) is 10.1 Å². The van der Waals surface area contributed by atoms with E-state index in [4.69, 9.17) is 0 Å². The Balaban J connectivity index is 3.05. The maximum Gasteiger partial charge on any atom is 0.282 e. The number of amides is 1. The molecule has 6 nitrogen and oxygen atoms in total. The number of nitro benzene ring substituents is 1. The van der Waals surface area contributed by atoms with Crippen LogP contribution >= 0.6 is 0 Å². The van der Waals surface area contributed by atoms with Crippen LogP contribution in [0.2, 0.25) is 0 Å². The van der Waals surface area contributed by atoms with Crippen molar-refractivity contribution in [1.82, 2.24) is 5.32 Å². The quantitative estimate of drug-likeness (QED) is 0.632. The second kappa shape index (κ2) is 5.69. The molecule has 0 fully saturated rings. The van der Waals surface area contributed by atoms with Crippen molar-refractivity contribution in [3.63, 3.8) is 0 Å². The van der Waals surface area contributed by atoms with Gasteiger partial charge in [-0.1, -0.05) is 13.3 Å². The van der Waals surface area contributed by atoms with Crippen LogP contribution in [0.5, 0.6) is 5.75 Å². The molecule has 0 saturated heterocycles. The van der Waals surface area contributed by atoms with Crippen LogP contribution in [0.1, 0.15) is 44.0 Å². The van der Waals surface area contributed by atoms with Crippen molar-refractivity contribution < 1.29 is 14.8 Å². The van der Waals surface area contributed by atoms with Crippen molar-refractivity contribution in [2.24, 2.45) is 0 Å². The molecular weight excluding hydrogens is 248 g/mol. The molecule has 1 aromatic rings. The number of hydrogen-bond donors (Lipinski definition) is 2. The number of phenolic OH excluding ortho intramolecular Hbond substituents is 1. The van der Waals surface area contributed by atoms with E-state index in [0.29, 0.717) is 0 Å². The van der Waals surface area contributed by atoms with E-state index in [1.165, 1.54) is 6.07 Å². The Morgan fingerprint density at radius 2 is 2.11 bits per heavy atom. The average molecular weight is 266 g/mol. The van der Waals surface area contributed by atoms with Gasteiger partial charge in [0.15, 0.2) is 0 Å². The summed E-state index contributed by atoms with van der Waals surface area (Å²) in [5, 5.41) is 23.0. The first kappa shape index (κ1) is 14.9. The zero-order valence-corrected chi connectivity index (χ0v) is 11.3. The van der Waals surface area contributed by atoms with Gasteiger partial charge in [-0.2, -0.15) is 0 Å². The van der Waals surface area contributed by atoms with Gasteiger partial charge in [-0.25, -0.2) is 0 Å². The Morgan fingerprint density at radius 1 is 1.47 bits per heavy atom. The molecule has 1 aromatic carbocycles. The van der Waals surface area contributed by atoms with Crippen LogP contribution < -0.4 is 5.32 Å². The molecule has 0 bridgehead atoms. The minimum Gasteiger partial charge on any atom is -0.508 e. The van der Waals surface area contributed by atoms with Gasteiger partial charge in [0, 0.05) is 11.6 Å². The van der Waals surface area contributed by atoms with Crippen molar-refractivity contribution in [3.8, 4) is 5.75 Å². The number of carbonyl (C=O) groups is 1. The molecule has 0 unspecified atom stereocenters. The highest BCUT2D eigenvalue weighted by Gasteiger charge is 2.25. The zero-order chi connectivity index (χ0) is 14.6. The van der Waals surface area contributed by atoms with Gasteiger partial charge in [-0.15, -0.1) is 0 Å². The van der Waals surface area contributed by atoms with Gasteiger partial charge >= 0.3 is 0 Å². The highest BCUT2D eigenvalue weighted by atomic mass is 16.6. The lowest BCUT2D eigenvalue weighted by molar-refractivity contribution is -0.385. The van der Waals surface area contributed by atoms with Gasteiger partial charge in [0.2, 0.25) is 0 Å². The Morgan fingerprint density at radius 3 is 2.63 bits per heavy atom. The fourth-order valence-electron chi connectivity index (χ4n) is 1.93. The van der Waals surface area contributed by atoms with E-state index in [2.05, 4.69) is 5.32 Å². The van der Waals surface area contributed by atoms with Crippen molar-refractivity contribution in [1.29, 1.82) is 0 Å². The third kappa shape index (κ3) is 3.94. The number of nitrogens with zero attached hydrogens (tertiary/aromatic N) is 1. The maximum atomic E-state index is 12.1. The van der Waals surface area contributed by atoms with Crippen molar-refractivity contribution >= 4 is 11.6 Å². The second-order valence-corrected chi connectivity index (χ2v) is 5.05. The van der Waals surface area contributed by atoms with Crippen molar-refractivity contribution in [2.45, 2.75) is 39.2 Å². The number of benzene rings is 1. The molecule has 0 saturated carbocycles. The summed E-state index contributed by atoms with van der Waals surface area (Å²) in [5.41, 5.74) is -0.901. The summed E-state index contributed by atoms with van der Waals surface area (Å²) < 4.78 is 0. The van der Waals surface area contributed by atoms with Crippen LogP contribution in [-0.2, 0) is 0 Å². The van der Waals surface area contributed by atoms with Gasteiger partial charge in [-0.05, 0) is 32.4 Å². The van der Waals surface area contributed by atoms with E-state index in [9.17, 15) is 20.0 Å². The van der Waals surface area contributed by atoms with Gasteiger partial charge in [0.05, 0.1) is 4.92 Å². The minimum atomic E-state index is -0.638. The normalized spacial score (nSPS) is 11.1. The lowest BCUT2D eigenvalue weighted by Gasteiger charge is -2.25. The van der Waals surface area contributed by atoms with Crippen LogP contribution in [0.4, 0.5) is 5.69 Å². The molecule has 6 heteroatoms. The first-order chi connectivity index (χ1) is 8.76. The summed E-state index contributed by atoms with van der Waals surface area (Å²) in [6.07, 6.45) is 1.64. The van der Waals surface area contributed by atoms with E-state index in [0.717, 1.165) is 25.0 Å². The lowest BCUT2D eigenvalue weighted by atomic mass is 9.98. The number of nitro groups is 1. The maximum absolute atomic E-state index is 12.1. The molecule has 1 amide bonds. The van der Waals surface area contributed by atoms with Gasteiger partial charge in [-0.3, -0.25) is 14.9 Å². The number of rotatable bonds is 5. The third-order valence-electron chi connectivity index (χ3n) is 2.75. The Kier molecular flexibility index (Phi) is 4.47. The predicted molar refractivity (Wildman–Crippen MR) is 71.2 cm³/mol. The topological polar surface area (TPSA) is 92.5 Å². The van der Waals surface area contributed by atoms with Gasteiger partial charge in [0.25, 0.3) is 11.6 Å². The number of phenols is 1. The zero-order valence-electron chi connectivity index (χ0n) is 11.3. The molecule has 0 aromatic heterocycles. The number of nitrogens with one attached hydrogen (secondary N) is 1. The third-order valence-corrected chi connectivity index (χ3v) is 2.75. The predicted octanol–water partition coefficient (Wildman–Crippen LogP) is 2.61. The van der Waals surface area contributed by atoms with E-state index in [1.54, 1.807) is 0 Å². The molecular formula is C13H18N2O4. The molecule has 0 atom stereocenters. The minimum absolute atomic E-state index is 0.130. The molecule has 19 heavy (non-hydrogen) atoms. The molecule has 104 valence electrons. The molecule has 0 radical (unpaired) electrons. The molecule has 0 heterocycles. The molecule has 0 aliphatic rings. The first-order valence-corrected chi connectivity index (χ1v) is 6.07. The van der Waals surface area contributed by atoms with E-state index in [1.807, 2.05) is 20.8 Å². The average Bonchev–Trinajstić information content (AvgIpc) is 2.27. The largest absolute Gasteiger partial charge is 0.508 e. The molecule has 1 rings (SSSR count). The second-order valence-electron chi connectivity index (χ2n) is 5.05. The first-order valence-electron chi connectivity index (χ1n) is 6.07. The smallest absolute Gasteiger partial charge is 0.282 e. The number of carbonyl (C=O) groups excluding carboxylic acids is 1. The molecule has 0 aliphatic heterocycles. The van der Waals surface area contributed by atoms with Crippen LogP contribution in [0.15, 0.2) is 18.2 Å². The molecule has 0 spiro atoms. The highest BCUT2D eigenvalue weighted by molar-refractivity contribution is 5.98. The van der Waals surface area contributed by atoms with Crippen LogP contribution in [0.3, 0.4) is 0 Å². The summed E-state index contributed by atoms with van der Waals surface area (Å²) >= 11 is 0. The van der Waals surface area contributed by atoms with Gasteiger partial charge < -0.3 is 10.4 Å². The summed E-state index contributed by atoms with van der Waals surface area (Å²) in [7, 11) is 0. The summed E-state index contributed by atoms with van der Waals surface area (Å²) in [5.74, 6) is -0.731. The van der Waals surface area contributed by atoms with Gasteiger partial charge in [0.1, 0.15) is 11.3 Å². The van der Waals surface area contributed by atoms with Crippen LogP contribution in [-0.4, -0.2) is 21.5 Å². The number of hydrogen-bond acceptors (Lipinski definition) is 4. The fourth-order valence-corrected chi connectivity index (χ4v) is 1.93. The SMILES string of the molecule is CCCC(C)(C)NC(=O)c1cc(O)ccc1[N+](=O)[O-]. The van der Waals surface area contributed by atoms with Crippen molar-refractivity contribution in [2.75, 3.05) is 0 Å². The van der Waals surface area contributed by atoms with E-state index >= 15 is 0 Å². The Bertz CT molecular complexity index is 497. The summed E-state index contributed by atoms with van der Waals surface area (Å²) in [4.78, 5) is 22.3. The Labute approximate surface area is 111 Å². The number of aromatic hydroxyl groups is 1. The standard InChI is InChI=1S/C13H18N2O4/c1-4-7-13(2,3)14-12(17)10-8-9(16)5-6-11(10)15(18)19/h5-6,8,16H,4,7H2,1-3H3,(H,14,17). The fraction of sp³-hybridized carbons (Fsp3) is 0.462. The van der Waals surface area contributed by atoms with E-state index < -0.39 is 16.4 Å². The highest BCUT2D eigenvalue weighted by Crippen LogP contribution is 2.24. The van der Waals surface area contributed by atoms with Crippen LogP contribution in [0.25, 0.3) is 0 Å². The summed E-state index contributed by atoms with van der Waals surface area (Å²) in [6.45, 7) is 5.69. The monoisotopic (exact) mass is 266 g/mol. The summed E-state index contributed by atoms with van der Waals surface area (Å²) in [6, 6.07) is 3.42. The van der Waals surface area contributed by atoms with E-state index in [-0.39, 0.29) is 17.0 Å².